The van der Waals surface area contributed by atoms with Crippen molar-refractivity contribution in [1.82, 2.24) is 10.2 Å². The van der Waals surface area contributed by atoms with E-state index in [0.29, 0.717) is 37.6 Å². The summed E-state index contributed by atoms with van der Waals surface area (Å²) in [5.74, 6) is 0.895. The summed E-state index contributed by atoms with van der Waals surface area (Å²) >= 11 is 1.66. The quantitative estimate of drug-likeness (QED) is 0.349. The van der Waals surface area contributed by atoms with Crippen molar-refractivity contribution in [2.24, 2.45) is 5.92 Å². The van der Waals surface area contributed by atoms with Crippen LogP contribution < -0.4 is 5.32 Å². The van der Waals surface area contributed by atoms with Gasteiger partial charge in [0.15, 0.2) is 0 Å². The number of carbonyl (C=O) groups excluding carboxylic acids is 2. The Morgan fingerprint density at radius 1 is 0.824 bits per heavy atom. The molecule has 5 heteroatoms. The first-order chi connectivity index (χ1) is 16.5. The molecule has 0 unspecified atom stereocenters. The molecule has 1 atom stereocenters. The topological polar surface area (TPSA) is 49.4 Å². The molecule has 3 rings (SSSR count). The Kier molecular flexibility index (Phi) is 10.2. The minimum atomic E-state index is -0.574. The van der Waals surface area contributed by atoms with E-state index in [4.69, 9.17) is 0 Å². The predicted octanol–water partition coefficient (Wildman–Crippen LogP) is 5.58. The summed E-state index contributed by atoms with van der Waals surface area (Å²) in [6.07, 6.45) is 0.852. The second-order valence-corrected chi connectivity index (χ2v) is 9.93. The van der Waals surface area contributed by atoms with Crippen LogP contribution in [0, 0.1) is 5.92 Å². The van der Waals surface area contributed by atoms with Crippen LogP contribution in [0.4, 0.5) is 0 Å². The molecule has 0 saturated heterocycles. The molecule has 0 heterocycles. The van der Waals surface area contributed by atoms with Gasteiger partial charge in [-0.2, -0.15) is 0 Å². The Hall–Kier alpha value is -3.05. The number of hydrogen-bond acceptors (Lipinski definition) is 3. The van der Waals surface area contributed by atoms with E-state index in [1.807, 2.05) is 78.9 Å². The highest BCUT2D eigenvalue weighted by molar-refractivity contribution is 7.99. The Bertz CT molecular complexity index is 1010. The SMILES string of the molecule is CC(C)CNC(=O)[C@@H](Cc1ccccc1)N(Cc1ccccc1)C(=O)CCSc1ccccc1. The average Bonchev–Trinajstić information content (AvgIpc) is 2.86. The maximum atomic E-state index is 13.5. The summed E-state index contributed by atoms with van der Waals surface area (Å²) in [5.41, 5.74) is 2.05. The Morgan fingerprint density at radius 3 is 1.97 bits per heavy atom. The number of hydrogen-bond donors (Lipinski definition) is 1. The summed E-state index contributed by atoms with van der Waals surface area (Å²) in [4.78, 5) is 29.8. The molecule has 0 fully saturated rings. The maximum absolute atomic E-state index is 13.5. The lowest BCUT2D eigenvalue weighted by atomic mass is 10.0. The van der Waals surface area contributed by atoms with Crippen molar-refractivity contribution < 1.29 is 9.59 Å². The number of rotatable bonds is 12. The first-order valence-electron chi connectivity index (χ1n) is 11.9. The molecule has 0 aliphatic heterocycles. The minimum absolute atomic E-state index is 0.00656. The lowest BCUT2D eigenvalue weighted by Gasteiger charge is -2.32. The van der Waals surface area contributed by atoms with Crippen LogP contribution in [0.5, 0.6) is 0 Å². The van der Waals surface area contributed by atoms with E-state index in [2.05, 4.69) is 31.3 Å². The molecule has 0 spiro atoms. The van der Waals surface area contributed by atoms with Crippen LogP contribution in [0.15, 0.2) is 95.9 Å². The molecule has 0 radical (unpaired) electrons. The highest BCUT2D eigenvalue weighted by Crippen LogP contribution is 2.20. The predicted molar refractivity (Wildman–Crippen MR) is 141 cm³/mol. The lowest BCUT2D eigenvalue weighted by molar-refractivity contribution is -0.141. The highest BCUT2D eigenvalue weighted by atomic mass is 32.2. The number of benzene rings is 3. The molecular formula is C29H34N2O2S. The number of amides is 2. The van der Waals surface area contributed by atoms with Gasteiger partial charge in [-0.3, -0.25) is 9.59 Å². The van der Waals surface area contributed by atoms with Gasteiger partial charge in [-0.1, -0.05) is 92.7 Å². The van der Waals surface area contributed by atoms with Crippen LogP contribution in [0.3, 0.4) is 0 Å². The second-order valence-electron chi connectivity index (χ2n) is 8.76. The standard InChI is InChI=1S/C29H34N2O2S/c1-23(2)21-30-29(33)27(20-24-12-6-3-7-13-24)31(22-25-14-8-4-9-15-25)28(32)18-19-34-26-16-10-5-11-17-26/h3-17,23,27H,18-22H2,1-2H3,(H,30,33)/t27-/m1/s1. The van der Waals surface area contributed by atoms with Gasteiger partial charge in [0.1, 0.15) is 6.04 Å². The van der Waals surface area contributed by atoms with Gasteiger partial charge in [-0.25, -0.2) is 0 Å². The van der Waals surface area contributed by atoms with Crippen molar-refractivity contribution in [2.45, 2.75) is 44.2 Å². The highest BCUT2D eigenvalue weighted by Gasteiger charge is 2.30. The number of thioether (sulfide) groups is 1. The monoisotopic (exact) mass is 474 g/mol. The van der Waals surface area contributed by atoms with Crippen LogP contribution in [0.1, 0.15) is 31.4 Å². The van der Waals surface area contributed by atoms with Crippen molar-refractivity contribution in [3.8, 4) is 0 Å². The van der Waals surface area contributed by atoms with Gasteiger partial charge >= 0.3 is 0 Å². The molecule has 0 bridgehead atoms. The van der Waals surface area contributed by atoms with E-state index < -0.39 is 6.04 Å². The first-order valence-corrected chi connectivity index (χ1v) is 12.8. The van der Waals surface area contributed by atoms with E-state index in [0.717, 1.165) is 16.0 Å². The zero-order valence-corrected chi connectivity index (χ0v) is 20.8. The Labute approximate surface area is 207 Å². The van der Waals surface area contributed by atoms with Crippen molar-refractivity contribution >= 4 is 23.6 Å². The van der Waals surface area contributed by atoms with Crippen molar-refractivity contribution in [2.75, 3.05) is 12.3 Å². The summed E-state index contributed by atoms with van der Waals surface area (Å²) in [6, 6.07) is 29.3. The van der Waals surface area contributed by atoms with Gasteiger partial charge in [-0.15, -0.1) is 11.8 Å². The molecule has 0 saturated carbocycles. The third kappa shape index (κ3) is 8.38. The van der Waals surface area contributed by atoms with Gasteiger partial charge in [0.2, 0.25) is 11.8 Å². The third-order valence-corrected chi connectivity index (χ3v) is 6.49. The zero-order chi connectivity index (χ0) is 24.2. The largest absolute Gasteiger partial charge is 0.354 e. The Morgan fingerprint density at radius 2 is 1.38 bits per heavy atom. The maximum Gasteiger partial charge on any atom is 0.243 e. The molecule has 0 aromatic heterocycles. The van der Waals surface area contributed by atoms with Gasteiger partial charge in [-0.05, 0) is 29.2 Å². The van der Waals surface area contributed by atoms with Gasteiger partial charge in [0, 0.05) is 36.6 Å². The van der Waals surface area contributed by atoms with Crippen LogP contribution in [0.2, 0.25) is 0 Å². The van der Waals surface area contributed by atoms with E-state index in [1.54, 1.807) is 16.7 Å². The molecule has 4 nitrogen and oxygen atoms in total. The zero-order valence-electron chi connectivity index (χ0n) is 20.0. The van der Waals surface area contributed by atoms with E-state index in [9.17, 15) is 9.59 Å². The number of carbonyl (C=O) groups is 2. The van der Waals surface area contributed by atoms with Crippen molar-refractivity contribution in [3.05, 3.63) is 102 Å². The fourth-order valence-electron chi connectivity index (χ4n) is 3.67. The lowest BCUT2D eigenvalue weighted by Crippen LogP contribution is -2.51. The summed E-state index contributed by atoms with van der Waals surface area (Å²) in [7, 11) is 0. The van der Waals surface area contributed by atoms with Crippen LogP contribution in [-0.4, -0.2) is 35.1 Å². The first kappa shape index (κ1) is 25.6. The van der Waals surface area contributed by atoms with Crippen LogP contribution in [0.25, 0.3) is 0 Å². The molecule has 178 valence electrons. The molecule has 0 aliphatic rings. The summed E-state index contributed by atoms with van der Waals surface area (Å²) in [5, 5.41) is 3.07. The molecule has 34 heavy (non-hydrogen) atoms. The summed E-state index contributed by atoms with van der Waals surface area (Å²) in [6.45, 7) is 5.13. The van der Waals surface area contributed by atoms with E-state index in [1.165, 1.54) is 0 Å². The molecule has 0 aliphatic carbocycles. The fraction of sp³-hybridized carbons (Fsp3) is 0.310. The van der Waals surface area contributed by atoms with Crippen LogP contribution >= 0.6 is 11.8 Å². The van der Waals surface area contributed by atoms with Gasteiger partial charge in [0.25, 0.3) is 0 Å². The molecule has 3 aromatic rings. The summed E-state index contributed by atoms with van der Waals surface area (Å²) < 4.78 is 0. The minimum Gasteiger partial charge on any atom is -0.354 e. The fourth-order valence-corrected chi connectivity index (χ4v) is 4.54. The molecule has 1 N–H and O–H groups in total. The molecule has 2 amide bonds. The van der Waals surface area contributed by atoms with Crippen molar-refractivity contribution in [3.63, 3.8) is 0 Å². The van der Waals surface area contributed by atoms with E-state index >= 15 is 0 Å². The second kappa shape index (κ2) is 13.6. The van der Waals surface area contributed by atoms with Gasteiger partial charge < -0.3 is 10.2 Å². The normalized spacial score (nSPS) is 11.7. The smallest absolute Gasteiger partial charge is 0.243 e. The van der Waals surface area contributed by atoms with E-state index in [-0.39, 0.29) is 11.8 Å². The van der Waals surface area contributed by atoms with Crippen LogP contribution in [-0.2, 0) is 22.6 Å². The number of nitrogens with zero attached hydrogens (tertiary/aromatic N) is 1. The third-order valence-electron chi connectivity index (χ3n) is 5.48. The number of nitrogens with one attached hydrogen (secondary N) is 1. The molecule has 3 aromatic carbocycles. The van der Waals surface area contributed by atoms with Gasteiger partial charge in [0.05, 0.1) is 0 Å². The Balaban J connectivity index is 1.81. The average molecular weight is 475 g/mol. The van der Waals surface area contributed by atoms with Crippen molar-refractivity contribution in [1.29, 1.82) is 0 Å². The molecular weight excluding hydrogens is 440 g/mol.